The topological polar surface area (TPSA) is 15.9 Å². The standard InChI is InChI=1S/C18H21N2S.HI/c1-4-13-11-14(20(5-2)6-3)12-17-18(13)19-15-9-7-8-10-16(15)21-17;/h7-12H,4-6H2,1-3H3;1H/q+1;/p-1. The van der Waals surface area contributed by atoms with Crippen molar-refractivity contribution in [2.24, 2.45) is 0 Å². The monoisotopic (exact) mass is 424 g/mol. The molecule has 0 amide bonds. The second kappa shape index (κ2) is 7.51. The molecule has 22 heavy (non-hydrogen) atoms. The first-order valence-electron chi connectivity index (χ1n) is 7.67. The summed E-state index contributed by atoms with van der Waals surface area (Å²) in [4.78, 5) is 6.18. The molecule has 0 N–H and O–H groups in total. The smallest absolute Gasteiger partial charge is 0.201 e. The number of hydrogen-bond donors (Lipinski definition) is 0. The zero-order valence-electron chi connectivity index (χ0n) is 13.3. The molecule has 0 spiro atoms. The second-order valence-corrected chi connectivity index (χ2v) is 6.24. The van der Waals surface area contributed by atoms with E-state index in [0.29, 0.717) is 0 Å². The van der Waals surface area contributed by atoms with Gasteiger partial charge in [-0.15, -0.1) is 11.3 Å². The molecule has 0 aromatic heterocycles. The third-order valence-corrected chi connectivity index (χ3v) is 5.06. The molecule has 1 aliphatic heterocycles. The van der Waals surface area contributed by atoms with E-state index < -0.39 is 0 Å². The molecule has 116 valence electrons. The minimum absolute atomic E-state index is 0. The van der Waals surface area contributed by atoms with Gasteiger partial charge >= 0.3 is 0 Å². The third-order valence-electron chi connectivity index (χ3n) is 3.97. The molecule has 1 heterocycles. The van der Waals surface area contributed by atoms with Gasteiger partial charge in [0.2, 0.25) is 5.36 Å². The maximum Gasteiger partial charge on any atom is 0.201 e. The summed E-state index contributed by atoms with van der Waals surface area (Å²) < 4.78 is 3.66. The van der Waals surface area contributed by atoms with Crippen LogP contribution in [0.1, 0.15) is 26.3 Å². The average Bonchev–Trinajstić information content (AvgIpc) is 2.53. The zero-order chi connectivity index (χ0) is 14.8. The van der Waals surface area contributed by atoms with Gasteiger partial charge in [0, 0.05) is 12.1 Å². The largest absolute Gasteiger partial charge is 1.00 e. The number of rotatable bonds is 3. The van der Waals surface area contributed by atoms with Crippen LogP contribution in [0, 0.1) is 0 Å². The highest BCUT2D eigenvalue weighted by molar-refractivity contribution is 7.21. The van der Waals surface area contributed by atoms with Crippen molar-refractivity contribution < 1.29 is 24.0 Å². The Hall–Kier alpha value is -1.01. The van der Waals surface area contributed by atoms with Crippen LogP contribution in [-0.4, -0.2) is 18.1 Å². The van der Waals surface area contributed by atoms with E-state index in [9.17, 15) is 0 Å². The van der Waals surface area contributed by atoms with Crippen molar-refractivity contribution in [3.8, 4) is 10.6 Å². The van der Waals surface area contributed by atoms with E-state index in [2.05, 4.69) is 61.7 Å². The van der Waals surface area contributed by atoms with Crippen LogP contribution in [0.25, 0.3) is 20.8 Å². The highest BCUT2D eigenvalue weighted by Gasteiger charge is 2.14. The Labute approximate surface area is 152 Å². The van der Waals surface area contributed by atoms with Gasteiger partial charge in [-0.25, -0.2) is 9.56 Å². The highest BCUT2D eigenvalue weighted by atomic mass is 127. The fourth-order valence-electron chi connectivity index (χ4n) is 2.77. The van der Waals surface area contributed by atoms with Crippen molar-refractivity contribution in [3.05, 3.63) is 47.3 Å². The number of aryl methyl sites for hydroxylation is 1. The maximum atomic E-state index is 4.89. The fraction of sp³-hybridized carbons (Fsp3) is 0.333. The molecule has 1 aromatic carbocycles. The van der Waals surface area contributed by atoms with E-state index >= 15 is 0 Å². The number of benzene rings is 2. The molecule has 0 atom stereocenters. The Morgan fingerprint density at radius 2 is 1.77 bits per heavy atom. The number of aromatic nitrogens is 1. The van der Waals surface area contributed by atoms with Gasteiger partial charge in [0.1, 0.15) is 13.1 Å². The summed E-state index contributed by atoms with van der Waals surface area (Å²) >= 11 is 1.84. The lowest BCUT2D eigenvalue weighted by atomic mass is 10.1. The van der Waals surface area contributed by atoms with Crippen LogP contribution in [0.5, 0.6) is 0 Å². The lowest BCUT2D eigenvalue weighted by Crippen LogP contribution is -3.00. The fourth-order valence-corrected chi connectivity index (χ4v) is 3.82. The third kappa shape index (κ3) is 3.18. The van der Waals surface area contributed by atoms with E-state index in [1.54, 1.807) is 0 Å². The number of nitrogens with zero attached hydrogens (tertiary/aromatic N) is 2. The van der Waals surface area contributed by atoms with Gasteiger partial charge in [-0.2, -0.15) is 0 Å². The van der Waals surface area contributed by atoms with Crippen molar-refractivity contribution in [2.45, 2.75) is 27.2 Å². The zero-order valence-corrected chi connectivity index (χ0v) is 16.2. The summed E-state index contributed by atoms with van der Waals surface area (Å²) in [6.45, 7) is 8.71. The quantitative estimate of drug-likeness (QED) is 0.345. The lowest BCUT2D eigenvalue weighted by Gasteiger charge is -2.10. The van der Waals surface area contributed by atoms with E-state index in [1.165, 1.54) is 20.5 Å². The number of fused-ring (bicyclic) bond motifs is 2. The molecule has 0 unspecified atom stereocenters. The van der Waals surface area contributed by atoms with Crippen molar-refractivity contribution in [1.29, 1.82) is 0 Å². The summed E-state index contributed by atoms with van der Waals surface area (Å²) in [5.41, 5.74) is 3.61. The number of hydrogen-bond acceptors (Lipinski definition) is 2. The van der Waals surface area contributed by atoms with E-state index in [4.69, 9.17) is 4.98 Å². The molecule has 2 aliphatic rings. The molecule has 3 rings (SSSR count). The summed E-state index contributed by atoms with van der Waals surface area (Å²) in [6, 6.07) is 13.0. The SMILES string of the molecule is CCc1cc(=[N+](CC)CC)cc2sc3ccccc3nc1-2.[I-]. The minimum atomic E-state index is 0. The van der Waals surface area contributed by atoms with Crippen LogP contribution in [0.15, 0.2) is 36.4 Å². The molecule has 1 aliphatic carbocycles. The van der Waals surface area contributed by atoms with Crippen molar-refractivity contribution in [3.63, 3.8) is 0 Å². The van der Waals surface area contributed by atoms with Crippen LogP contribution in [0.3, 0.4) is 0 Å². The first-order chi connectivity index (χ1) is 10.3. The Morgan fingerprint density at radius 3 is 2.45 bits per heavy atom. The molecular weight excluding hydrogens is 403 g/mol. The average molecular weight is 424 g/mol. The summed E-state index contributed by atoms with van der Waals surface area (Å²) in [6.07, 6.45) is 1.02. The molecule has 4 heteroatoms. The Kier molecular flexibility index (Phi) is 5.92. The summed E-state index contributed by atoms with van der Waals surface area (Å²) in [5.74, 6) is 0. The molecule has 2 nitrogen and oxygen atoms in total. The van der Waals surface area contributed by atoms with Gasteiger partial charge in [-0.05, 0) is 38.0 Å². The minimum Gasteiger partial charge on any atom is -1.00 e. The summed E-state index contributed by atoms with van der Waals surface area (Å²) in [5, 5.41) is 1.32. The lowest BCUT2D eigenvalue weighted by molar-refractivity contribution is -0.00000434. The van der Waals surface area contributed by atoms with Crippen LogP contribution >= 0.6 is 11.3 Å². The van der Waals surface area contributed by atoms with Crippen molar-refractivity contribution >= 4 is 21.6 Å². The predicted molar refractivity (Wildman–Crippen MR) is 92.0 cm³/mol. The van der Waals surface area contributed by atoms with Crippen LogP contribution in [-0.2, 0) is 6.42 Å². The molecule has 1 aromatic rings. The van der Waals surface area contributed by atoms with Gasteiger partial charge in [0.15, 0.2) is 0 Å². The molecule has 0 bridgehead atoms. The van der Waals surface area contributed by atoms with E-state index in [0.717, 1.165) is 30.7 Å². The normalized spacial score (nSPS) is 10.7. The highest BCUT2D eigenvalue weighted by Crippen LogP contribution is 2.31. The molecule has 0 saturated carbocycles. The van der Waals surface area contributed by atoms with Crippen molar-refractivity contribution in [2.75, 3.05) is 13.1 Å². The first kappa shape index (κ1) is 17.3. The maximum absolute atomic E-state index is 4.89. The van der Waals surface area contributed by atoms with Crippen LogP contribution in [0.4, 0.5) is 0 Å². The molecule has 0 saturated heterocycles. The van der Waals surface area contributed by atoms with Crippen LogP contribution < -0.4 is 33.9 Å². The van der Waals surface area contributed by atoms with Gasteiger partial charge in [0.25, 0.3) is 0 Å². The Bertz CT molecular complexity index is 817. The molecule has 0 radical (unpaired) electrons. The van der Waals surface area contributed by atoms with Crippen LogP contribution in [0.2, 0.25) is 0 Å². The second-order valence-electron chi connectivity index (χ2n) is 5.16. The number of para-hydroxylation sites is 1. The van der Waals surface area contributed by atoms with Gasteiger partial charge in [-0.1, -0.05) is 19.1 Å². The van der Waals surface area contributed by atoms with Crippen molar-refractivity contribution in [1.82, 2.24) is 9.56 Å². The number of halogens is 1. The first-order valence-corrected chi connectivity index (χ1v) is 8.48. The van der Waals surface area contributed by atoms with E-state index in [1.807, 2.05) is 11.3 Å². The van der Waals surface area contributed by atoms with E-state index in [-0.39, 0.29) is 24.0 Å². The Morgan fingerprint density at radius 1 is 1.05 bits per heavy atom. The predicted octanol–water partition coefficient (Wildman–Crippen LogP) is 0.779. The summed E-state index contributed by atoms with van der Waals surface area (Å²) in [7, 11) is 0. The van der Waals surface area contributed by atoms with Gasteiger partial charge in [0.05, 0.1) is 20.8 Å². The van der Waals surface area contributed by atoms with Gasteiger partial charge < -0.3 is 24.0 Å². The molecular formula is C18H21IN2S. The Balaban J connectivity index is 0.00000176. The molecule has 0 fully saturated rings. The van der Waals surface area contributed by atoms with Gasteiger partial charge in [-0.3, -0.25) is 0 Å².